The van der Waals surface area contributed by atoms with Gasteiger partial charge in [0.2, 0.25) is 5.91 Å². The second-order valence-corrected chi connectivity index (χ2v) is 11.2. The number of carbonyl (C=O) groups excluding carboxylic acids is 3. The van der Waals surface area contributed by atoms with Gasteiger partial charge in [-0.05, 0) is 92.9 Å². The molecule has 0 radical (unpaired) electrons. The highest BCUT2D eigenvalue weighted by Crippen LogP contribution is 2.26. The van der Waals surface area contributed by atoms with Crippen molar-refractivity contribution in [3.63, 3.8) is 0 Å². The molecule has 41 heavy (non-hydrogen) atoms. The van der Waals surface area contributed by atoms with Gasteiger partial charge in [0, 0.05) is 21.8 Å². The van der Waals surface area contributed by atoms with Crippen molar-refractivity contribution >= 4 is 46.9 Å². The summed E-state index contributed by atoms with van der Waals surface area (Å²) in [5.74, 6) is -0.904. The lowest BCUT2D eigenvalue weighted by molar-refractivity contribution is -0.115. The Morgan fingerprint density at radius 2 is 1.44 bits per heavy atom. The topological polar surface area (TPSA) is 87.3 Å². The van der Waals surface area contributed by atoms with Gasteiger partial charge in [0.25, 0.3) is 11.8 Å². The van der Waals surface area contributed by atoms with E-state index in [0.717, 1.165) is 32.8 Å². The van der Waals surface area contributed by atoms with E-state index in [2.05, 4.69) is 16.0 Å². The zero-order chi connectivity index (χ0) is 29.4. The molecule has 0 fully saturated rings. The largest absolute Gasteiger partial charge is 0.325 e. The van der Waals surface area contributed by atoms with Crippen molar-refractivity contribution in [2.75, 3.05) is 10.6 Å². The van der Waals surface area contributed by atoms with Crippen LogP contribution in [-0.4, -0.2) is 23.0 Å². The lowest BCUT2D eigenvalue weighted by Gasteiger charge is -2.15. The Bertz CT molecular complexity index is 1580. The molecule has 0 bridgehead atoms. The molecule has 1 atom stereocenters. The zero-order valence-corrected chi connectivity index (χ0v) is 24.3. The van der Waals surface area contributed by atoms with Crippen LogP contribution in [0.1, 0.15) is 39.5 Å². The summed E-state index contributed by atoms with van der Waals surface area (Å²) in [6.45, 7) is 7.80. The van der Waals surface area contributed by atoms with Crippen molar-refractivity contribution in [3.8, 4) is 0 Å². The van der Waals surface area contributed by atoms with E-state index in [1.54, 1.807) is 42.5 Å². The maximum atomic E-state index is 13.3. The molecule has 0 aromatic heterocycles. The summed E-state index contributed by atoms with van der Waals surface area (Å²) in [5, 5.41) is 8.32. The van der Waals surface area contributed by atoms with Crippen LogP contribution in [0.15, 0.2) is 108 Å². The minimum atomic E-state index is -0.445. The second kappa shape index (κ2) is 13.6. The third-order valence-electron chi connectivity index (χ3n) is 6.45. The Hall–Kier alpha value is -4.62. The van der Waals surface area contributed by atoms with Gasteiger partial charge in [-0.3, -0.25) is 14.4 Å². The molecule has 0 heterocycles. The summed E-state index contributed by atoms with van der Waals surface area (Å²) in [6.07, 6.45) is 1.67. The van der Waals surface area contributed by atoms with Gasteiger partial charge >= 0.3 is 0 Å². The number of anilines is 2. The van der Waals surface area contributed by atoms with Gasteiger partial charge in [0.15, 0.2) is 0 Å². The van der Waals surface area contributed by atoms with Crippen LogP contribution in [0.3, 0.4) is 0 Å². The highest BCUT2D eigenvalue weighted by atomic mass is 32.2. The first-order valence-corrected chi connectivity index (χ1v) is 14.2. The van der Waals surface area contributed by atoms with E-state index in [4.69, 9.17) is 0 Å². The number of amides is 3. The molecule has 3 amide bonds. The molecule has 6 nitrogen and oxygen atoms in total. The SMILES string of the molecule is Cc1ccc(NC(=O)C(C)Sc2ccc(NC(=O)/C(=C/c3ccccc3C)NC(=O)c3ccccc3)cc2)c(C)c1. The molecule has 208 valence electrons. The van der Waals surface area contributed by atoms with Crippen molar-refractivity contribution in [3.05, 3.63) is 131 Å². The Morgan fingerprint density at radius 1 is 0.756 bits per heavy atom. The van der Waals surface area contributed by atoms with Crippen LogP contribution in [0.2, 0.25) is 0 Å². The number of hydrogen-bond acceptors (Lipinski definition) is 4. The number of rotatable bonds is 9. The first-order chi connectivity index (χ1) is 19.7. The molecule has 0 saturated carbocycles. The van der Waals surface area contributed by atoms with Gasteiger partial charge in [-0.1, -0.05) is 60.2 Å². The van der Waals surface area contributed by atoms with Gasteiger partial charge < -0.3 is 16.0 Å². The molecule has 0 aliphatic carbocycles. The van der Waals surface area contributed by atoms with Crippen LogP contribution in [0.25, 0.3) is 6.08 Å². The molecule has 1 unspecified atom stereocenters. The van der Waals surface area contributed by atoms with E-state index in [0.29, 0.717) is 11.3 Å². The minimum absolute atomic E-state index is 0.0838. The van der Waals surface area contributed by atoms with Crippen LogP contribution in [0.5, 0.6) is 0 Å². The molecule has 0 saturated heterocycles. The number of hydrogen-bond donors (Lipinski definition) is 3. The summed E-state index contributed by atoms with van der Waals surface area (Å²) in [4.78, 5) is 39.9. The fourth-order valence-electron chi connectivity index (χ4n) is 4.11. The van der Waals surface area contributed by atoms with Gasteiger partial charge in [-0.15, -0.1) is 11.8 Å². The third kappa shape index (κ3) is 8.19. The molecular formula is C34H33N3O3S. The van der Waals surface area contributed by atoms with Crippen molar-refractivity contribution in [1.29, 1.82) is 0 Å². The smallest absolute Gasteiger partial charge is 0.272 e. The monoisotopic (exact) mass is 563 g/mol. The fraction of sp³-hybridized carbons (Fsp3) is 0.147. The van der Waals surface area contributed by atoms with Crippen LogP contribution in [0.4, 0.5) is 11.4 Å². The van der Waals surface area contributed by atoms with E-state index < -0.39 is 5.91 Å². The van der Waals surface area contributed by atoms with Gasteiger partial charge in [0.05, 0.1) is 5.25 Å². The summed E-state index contributed by atoms with van der Waals surface area (Å²) < 4.78 is 0. The van der Waals surface area contributed by atoms with E-state index >= 15 is 0 Å². The minimum Gasteiger partial charge on any atom is -0.325 e. The molecule has 7 heteroatoms. The average Bonchev–Trinajstić information content (AvgIpc) is 2.96. The quantitative estimate of drug-likeness (QED) is 0.149. The van der Waals surface area contributed by atoms with Crippen molar-refractivity contribution < 1.29 is 14.4 Å². The normalized spacial score (nSPS) is 11.9. The number of carbonyl (C=O) groups is 3. The number of thioether (sulfide) groups is 1. The van der Waals surface area contributed by atoms with E-state index in [1.807, 2.05) is 88.4 Å². The molecular weight excluding hydrogens is 530 g/mol. The Kier molecular flexibility index (Phi) is 9.77. The second-order valence-electron chi connectivity index (χ2n) is 9.78. The summed E-state index contributed by atoms with van der Waals surface area (Å²) in [7, 11) is 0. The van der Waals surface area contributed by atoms with E-state index in [9.17, 15) is 14.4 Å². The van der Waals surface area contributed by atoms with Crippen molar-refractivity contribution in [1.82, 2.24) is 5.32 Å². The first-order valence-electron chi connectivity index (χ1n) is 13.3. The van der Waals surface area contributed by atoms with Crippen molar-refractivity contribution in [2.24, 2.45) is 0 Å². The lowest BCUT2D eigenvalue weighted by Crippen LogP contribution is -2.30. The number of aryl methyl sites for hydroxylation is 3. The number of benzene rings is 4. The van der Waals surface area contributed by atoms with Crippen molar-refractivity contribution in [2.45, 2.75) is 37.8 Å². The first kappa shape index (κ1) is 29.4. The van der Waals surface area contributed by atoms with E-state index in [-0.39, 0.29) is 22.8 Å². The fourth-order valence-corrected chi connectivity index (χ4v) is 4.98. The van der Waals surface area contributed by atoms with Crippen LogP contribution < -0.4 is 16.0 Å². The summed E-state index contributed by atoms with van der Waals surface area (Å²) in [6, 6.07) is 29.6. The zero-order valence-electron chi connectivity index (χ0n) is 23.5. The third-order valence-corrected chi connectivity index (χ3v) is 7.56. The summed E-state index contributed by atoms with van der Waals surface area (Å²) >= 11 is 1.43. The predicted molar refractivity (Wildman–Crippen MR) is 168 cm³/mol. The lowest BCUT2D eigenvalue weighted by atomic mass is 10.1. The molecule has 0 aliphatic rings. The molecule has 0 spiro atoms. The highest BCUT2D eigenvalue weighted by Gasteiger charge is 2.17. The Balaban J connectivity index is 1.43. The van der Waals surface area contributed by atoms with Crippen LogP contribution in [0, 0.1) is 20.8 Å². The predicted octanol–water partition coefficient (Wildman–Crippen LogP) is 7.14. The van der Waals surface area contributed by atoms with Crippen LogP contribution >= 0.6 is 11.8 Å². The Morgan fingerprint density at radius 3 is 2.12 bits per heavy atom. The average molecular weight is 564 g/mol. The molecule has 0 aliphatic heterocycles. The van der Waals surface area contributed by atoms with Crippen LogP contribution in [-0.2, 0) is 9.59 Å². The van der Waals surface area contributed by atoms with Gasteiger partial charge in [0.1, 0.15) is 5.70 Å². The van der Waals surface area contributed by atoms with Gasteiger partial charge in [-0.2, -0.15) is 0 Å². The molecule has 4 rings (SSSR count). The highest BCUT2D eigenvalue weighted by molar-refractivity contribution is 8.00. The molecule has 4 aromatic rings. The number of nitrogens with one attached hydrogen (secondary N) is 3. The molecule has 4 aromatic carbocycles. The standard InChI is InChI=1S/C34H33N3O3S/c1-22-14-19-30(24(3)20-22)36-32(38)25(4)41-29-17-15-28(16-18-29)35-34(40)31(21-27-13-9-8-10-23(27)2)37-33(39)26-11-6-5-7-12-26/h5-21,25H,1-4H3,(H,35,40)(H,36,38)(H,37,39)/b31-21-. The maximum absolute atomic E-state index is 13.3. The van der Waals surface area contributed by atoms with Gasteiger partial charge in [-0.25, -0.2) is 0 Å². The van der Waals surface area contributed by atoms with E-state index in [1.165, 1.54) is 11.8 Å². The maximum Gasteiger partial charge on any atom is 0.272 e. The summed E-state index contributed by atoms with van der Waals surface area (Å²) in [5.41, 5.74) is 5.92. The molecule has 3 N–H and O–H groups in total. The Labute approximate surface area is 245 Å².